The first kappa shape index (κ1) is 11.2. The van der Waals surface area contributed by atoms with Crippen molar-refractivity contribution in [1.29, 1.82) is 0 Å². The quantitative estimate of drug-likeness (QED) is 0.618. The molecule has 1 amide bonds. The fourth-order valence-electron chi connectivity index (χ4n) is 1.94. The van der Waals surface area contributed by atoms with Crippen molar-refractivity contribution in [3.63, 3.8) is 0 Å². The van der Waals surface area contributed by atoms with Crippen LogP contribution < -0.4 is 10.7 Å². The highest BCUT2D eigenvalue weighted by molar-refractivity contribution is 5.94. The molecule has 0 bridgehead atoms. The summed E-state index contributed by atoms with van der Waals surface area (Å²) in [6, 6.07) is 6.81. The molecule has 0 aliphatic rings. The third kappa shape index (κ3) is 1.89. The van der Waals surface area contributed by atoms with Gasteiger partial charge in [-0.2, -0.15) is 0 Å². The lowest BCUT2D eigenvalue weighted by Crippen LogP contribution is -2.03. The number of pyridine rings is 1. The van der Waals surface area contributed by atoms with E-state index >= 15 is 0 Å². The third-order valence-corrected chi connectivity index (χ3v) is 2.81. The number of rotatable bonds is 3. The van der Waals surface area contributed by atoms with Gasteiger partial charge in [0.25, 0.3) is 0 Å². The molecular formula is C13H10N4O2. The first-order valence-corrected chi connectivity index (χ1v) is 5.66. The normalized spacial score (nSPS) is 10.5. The second-order valence-electron chi connectivity index (χ2n) is 3.97. The van der Waals surface area contributed by atoms with Crippen LogP contribution in [0.25, 0.3) is 22.4 Å². The number of hydrogen-bond donors (Lipinski definition) is 3. The van der Waals surface area contributed by atoms with E-state index in [2.05, 4.69) is 20.3 Å². The molecule has 3 aromatic rings. The fraction of sp³-hybridized carbons (Fsp3) is 0. The molecule has 6 nitrogen and oxygen atoms in total. The summed E-state index contributed by atoms with van der Waals surface area (Å²) in [5, 5.41) is 2.58. The topological polar surface area (TPSA) is 90.6 Å². The predicted molar refractivity (Wildman–Crippen MR) is 71.8 cm³/mol. The number of imidazole rings is 1. The minimum absolute atomic E-state index is 0.122. The molecule has 2 aromatic heterocycles. The van der Waals surface area contributed by atoms with Gasteiger partial charge in [0.05, 0.1) is 16.8 Å². The Labute approximate surface area is 107 Å². The molecule has 6 heteroatoms. The molecule has 0 saturated carbocycles. The lowest BCUT2D eigenvalue weighted by Gasteiger charge is -1.97. The summed E-state index contributed by atoms with van der Waals surface area (Å²) >= 11 is 0. The van der Waals surface area contributed by atoms with E-state index in [1.807, 2.05) is 6.07 Å². The van der Waals surface area contributed by atoms with Crippen LogP contribution in [0.4, 0.5) is 5.69 Å². The van der Waals surface area contributed by atoms with Crippen LogP contribution >= 0.6 is 0 Å². The van der Waals surface area contributed by atoms with E-state index in [4.69, 9.17) is 0 Å². The maximum Gasteiger partial charge on any atom is 0.211 e. The maximum absolute atomic E-state index is 11.8. The Morgan fingerprint density at radius 1 is 1.26 bits per heavy atom. The van der Waals surface area contributed by atoms with Crippen molar-refractivity contribution in [2.24, 2.45) is 0 Å². The van der Waals surface area contributed by atoms with Crippen molar-refractivity contribution in [3.8, 4) is 11.4 Å². The number of carbonyl (C=O) groups excluding carboxylic acids is 1. The molecule has 0 aliphatic carbocycles. The summed E-state index contributed by atoms with van der Waals surface area (Å²) in [5.41, 5.74) is 2.30. The Kier molecular flexibility index (Phi) is 2.60. The minimum atomic E-state index is -0.122. The fourth-order valence-corrected chi connectivity index (χ4v) is 1.94. The lowest BCUT2D eigenvalue weighted by molar-refractivity contribution is -0.105. The number of fused-ring (bicyclic) bond motifs is 1. The van der Waals surface area contributed by atoms with Crippen molar-refractivity contribution in [1.82, 2.24) is 15.0 Å². The third-order valence-electron chi connectivity index (χ3n) is 2.81. The number of nitrogens with one attached hydrogen (secondary N) is 3. The molecule has 0 unspecified atom stereocenters. The Balaban J connectivity index is 2.22. The van der Waals surface area contributed by atoms with Gasteiger partial charge >= 0.3 is 0 Å². The SMILES string of the molecule is O=CNc1cccc2[nH]c(-c3c[nH]ccc3=O)nc12. The number of para-hydroxylation sites is 1. The van der Waals surface area contributed by atoms with E-state index in [0.717, 1.165) is 5.52 Å². The standard InChI is InChI=1S/C13H10N4O2/c18-7-15-9-2-1-3-10-12(9)17-13(16-10)8-6-14-5-4-11(8)19/h1-7H,(H,14,19)(H,15,18)(H,16,17). The molecule has 2 heterocycles. The van der Waals surface area contributed by atoms with Crippen molar-refractivity contribution in [2.75, 3.05) is 5.32 Å². The van der Waals surface area contributed by atoms with Crippen LogP contribution in [0.3, 0.4) is 0 Å². The van der Waals surface area contributed by atoms with E-state index in [9.17, 15) is 9.59 Å². The summed E-state index contributed by atoms with van der Waals surface area (Å²) in [5.74, 6) is 0.469. The highest BCUT2D eigenvalue weighted by atomic mass is 16.1. The van der Waals surface area contributed by atoms with Gasteiger partial charge in [0.15, 0.2) is 5.43 Å². The van der Waals surface area contributed by atoms with Gasteiger partial charge in [-0.25, -0.2) is 4.98 Å². The van der Waals surface area contributed by atoms with E-state index in [1.165, 1.54) is 6.07 Å². The first-order valence-electron chi connectivity index (χ1n) is 5.66. The minimum Gasteiger partial charge on any atom is -0.367 e. The summed E-state index contributed by atoms with van der Waals surface area (Å²) < 4.78 is 0. The molecular weight excluding hydrogens is 244 g/mol. The molecule has 0 atom stereocenters. The summed E-state index contributed by atoms with van der Waals surface area (Å²) in [6.45, 7) is 0. The molecule has 0 saturated heterocycles. The average molecular weight is 254 g/mol. The second kappa shape index (κ2) is 4.41. The van der Waals surface area contributed by atoms with Crippen LogP contribution in [0.1, 0.15) is 0 Å². The van der Waals surface area contributed by atoms with Gasteiger partial charge in [-0.1, -0.05) is 6.07 Å². The van der Waals surface area contributed by atoms with Crippen LogP contribution in [0.2, 0.25) is 0 Å². The zero-order valence-corrected chi connectivity index (χ0v) is 9.81. The van der Waals surface area contributed by atoms with Crippen molar-refractivity contribution >= 4 is 23.1 Å². The molecule has 0 spiro atoms. The number of amides is 1. The molecule has 19 heavy (non-hydrogen) atoms. The zero-order chi connectivity index (χ0) is 13.2. The molecule has 0 fully saturated rings. The number of hydrogen-bond acceptors (Lipinski definition) is 3. The second-order valence-corrected chi connectivity index (χ2v) is 3.97. The first-order chi connectivity index (χ1) is 9.29. The molecule has 1 aromatic carbocycles. The van der Waals surface area contributed by atoms with E-state index in [1.54, 1.807) is 24.5 Å². The zero-order valence-electron chi connectivity index (χ0n) is 9.81. The number of benzene rings is 1. The Hall–Kier alpha value is -2.89. The molecule has 3 N–H and O–H groups in total. The number of carbonyl (C=O) groups is 1. The van der Waals surface area contributed by atoms with Gasteiger partial charge in [0, 0.05) is 18.5 Å². The van der Waals surface area contributed by atoms with Gasteiger partial charge in [-0.15, -0.1) is 0 Å². The molecule has 0 aliphatic heterocycles. The highest BCUT2D eigenvalue weighted by Crippen LogP contribution is 2.23. The molecule has 3 rings (SSSR count). The van der Waals surface area contributed by atoms with Gasteiger partial charge in [0.1, 0.15) is 11.3 Å². The summed E-state index contributed by atoms with van der Waals surface area (Å²) in [6.07, 6.45) is 3.75. The number of H-pyrrole nitrogens is 2. The number of nitrogens with zero attached hydrogens (tertiary/aromatic N) is 1. The van der Waals surface area contributed by atoms with Crippen LogP contribution in [0, 0.1) is 0 Å². The average Bonchev–Trinajstić information content (AvgIpc) is 2.84. The highest BCUT2D eigenvalue weighted by Gasteiger charge is 2.10. The number of anilines is 1. The summed E-state index contributed by atoms with van der Waals surface area (Å²) in [4.78, 5) is 32.6. The van der Waals surface area contributed by atoms with Gasteiger partial charge in [0.2, 0.25) is 6.41 Å². The van der Waals surface area contributed by atoms with Gasteiger partial charge in [-0.05, 0) is 12.1 Å². The summed E-state index contributed by atoms with van der Waals surface area (Å²) in [7, 11) is 0. The van der Waals surface area contributed by atoms with Crippen molar-refractivity contribution < 1.29 is 4.79 Å². The van der Waals surface area contributed by atoms with Crippen molar-refractivity contribution in [2.45, 2.75) is 0 Å². The van der Waals surface area contributed by atoms with Crippen LogP contribution in [0.15, 0.2) is 41.5 Å². The maximum atomic E-state index is 11.8. The van der Waals surface area contributed by atoms with Crippen molar-refractivity contribution in [3.05, 3.63) is 46.9 Å². The van der Waals surface area contributed by atoms with Crippen LogP contribution in [0.5, 0.6) is 0 Å². The Bertz CT molecular complexity index is 804. The van der Waals surface area contributed by atoms with Crippen LogP contribution in [-0.4, -0.2) is 21.4 Å². The molecule has 0 radical (unpaired) electrons. The van der Waals surface area contributed by atoms with Crippen LogP contribution in [-0.2, 0) is 4.79 Å². The van der Waals surface area contributed by atoms with E-state index in [-0.39, 0.29) is 5.43 Å². The van der Waals surface area contributed by atoms with Gasteiger partial charge < -0.3 is 15.3 Å². The van der Waals surface area contributed by atoms with Gasteiger partial charge in [-0.3, -0.25) is 9.59 Å². The van der Waals surface area contributed by atoms with E-state index in [0.29, 0.717) is 29.0 Å². The molecule has 94 valence electrons. The monoisotopic (exact) mass is 254 g/mol. The number of aromatic amines is 2. The van der Waals surface area contributed by atoms with E-state index < -0.39 is 0 Å². The number of aromatic nitrogens is 3. The largest absolute Gasteiger partial charge is 0.367 e. The Morgan fingerprint density at radius 2 is 2.16 bits per heavy atom. The lowest BCUT2D eigenvalue weighted by atomic mass is 10.2. The predicted octanol–water partition coefficient (Wildman–Crippen LogP) is 1.49. The smallest absolute Gasteiger partial charge is 0.211 e. The Morgan fingerprint density at radius 3 is 2.95 bits per heavy atom.